The Morgan fingerprint density at radius 2 is 2.04 bits per heavy atom. The molecule has 122 valence electrons. The number of hydrogen-bond acceptors (Lipinski definition) is 3. The van der Waals surface area contributed by atoms with Crippen LogP contribution in [0, 0.1) is 12.8 Å². The number of rotatable bonds is 5. The van der Waals surface area contributed by atoms with Crippen LogP contribution in [-0.4, -0.2) is 20.1 Å². The number of H-pyrrole nitrogens is 1. The molecule has 0 unspecified atom stereocenters. The molecule has 3 atom stereocenters. The molecule has 0 bridgehead atoms. The highest BCUT2D eigenvalue weighted by atomic mass is 127. The fraction of sp³-hybridized carbons (Fsp3) is 0.412. The Labute approximate surface area is 147 Å². The average molecular weight is 426 g/mol. The maximum atomic E-state index is 12.0. The smallest absolute Gasteiger partial charge is 0.328 e. The zero-order valence-electron chi connectivity index (χ0n) is 12.9. The summed E-state index contributed by atoms with van der Waals surface area (Å²) in [7, 11) is 0. The summed E-state index contributed by atoms with van der Waals surface area (Å²) >= 11 is 2.38. The largest absolute Gasteiger partial charge is 0.376 e. The average Bonchev–Trinajstić information content (AvgIpc) is 2.55. The molecule has 23 heavy (non-hydrogen) atoms. The molecular weight excluding hydrogens is 407 g/mol. The molecule has 3 rings (SSSR count). The lowest BCUT2D eigenvalue weighted by Gasteiger charge is -2.42. The highest BCUT2D eigenvalue weighted by molar-refractivity contribution is 14.1. The molecule has 1 aromatic carbocycles. The van der Waals surface area contributed by atoms with E-state index in [2.05, 4.69) is 27.6 Å². The molecule has 1 heterocycles. The molecule has 5 nitrogen and oxygen atoms in total. The summed E-state index contributed by atoms with van der Waals surface area (Å²) in [5.74, 6) is 0.434. The SMILES string of the molecule is Cc1cn([C@@H]2C[C@H](COCc3ccccc3)[C@H]2I)c(=O)[nH]c1=O. The van der Waals surface area contributed by atoms with E-state index in [1.807, 2.05) is 30.3 Å². The second-order valence-corrected chi connectivity index (χ2v) is 7.43. The molecule has 0 aliphatic heterocycles. The molecule has 1 aromatic heterocycles. The van der Waals surface area contributed by atoms with Gasteiger partial charge in [0.2, 0.25) is 0 Å². The minimum absolute atomic E-state index is 0.129. The van der Waals surface area contributed by atoms with Crippen LogP contribution in [0.2, 0.25) is 0 Å². The van der Waals surface area contributed by atoms with Crippen LogP contribution in [0.5, 0.6) is 0 Å². The van der Waals surface area contributed by atoms with Crippen LogP contribution >= 0.6 is 22.6 Å². The summed E-state index contributed by atoms with van der Waals surface area (Å²) in [6.07, 6.45) is 2.56. The minimum atomic E-state index is -0.323. The number of benzene rings is 1. The van der Waals surface area contributed by atoms with Crippen molar-refractivity contribution in [2.24, 2.45) is 5.92 Å². The first-order chi connectivity index (χ1) is 11.1. The molecule has 2 aromatic rings. The van der Waals surface area contributed by atoms with Gasteiger partial charge < -0.3 is 4.74 Å². The number of ether oxygens (including phenoxy) is 1. The van der Waals surface area contributed by atoms with Crippen LogP contribution in [-0.2, 0) is 11.3 Å². The lowest BCUT2D eigenvalue weighted by atomic mass is 9.80. The molecule has 0 radical (unpaired) electrons. The number of nitrogens with one attached hydrogen (secondary N) is 1. The highest BCUT2D eigenvalue weighted by Crippen LogP contribution is 2.43. The topological polar surface area (TPSA) is 64.1 Å². The van der Waals surface area contributed by atoms with E-state index in [9.17, 15) is 9.59 Å². The van der Waals surface area contributed by atoms with Crippen molar-refractivity contribution in [2.75, 3.05) is 6.61 Å². The normalized spacial score (nSPS) is 23.5. The van der Waals surface area contributed by atoms with Crippen molar-refractivity contribution < 1.29 is 4.74 Å². The van der Waals surface area contributed by atoms with Gasteiger partial charge in [0.15, 0.2) is 0 Å². The Morgan fingerprint density at radius 1 is 1.30 bits per heavy atom. The second-order valence-electron chi connectivity index (χ2n) is 5.99. The standard InChI is InChI=1S/C17H19IN2O3/c1-11-8-20(17(22)19-16(11)21)14-7-13(15(14)18)10-23-9-12-5-3-2-4-6-12/h2-6,8,13-15H,7,9-10H2,1H3,(H,19,21,22)/t13-,14-,15-/m1/s1. The number of aromatic nitrogens is 2. The number of halogens is 1. The van der Waals surface area contributed by atoms with E-state index >= 15 is 0 Å². The minimum Gasteiger partial charge on any atom is -0.376 e. The van der Waals surface area contributed by atoms with E-state index in [1.165, 1.54) is 5.56 Å². The van der Waals surface area contributed by atoms with Gasteiger partial charge in [-0.1, -0.05) is 52.9 Å². The van der Waals surface area contributed by atoms with Gasteiger partial charge in [0, 0.05) is 15.7 Å². The fourth-order valence-corrected chi connectivity index (χ4v) is 3.99. The molecule has 1 saturated carbocycles. The third-order valence-corrected chi connectivity index (χ3v) is 6.16. The third kappa shape index (κ3) is 3.58. The molecule has 0 amide bonds. The molecule has 6 heteroatoms. The first-order valence-electron chi connectivity index (χ1n) is 7.64. The molecule has 0 saturated heterocycles. The Morgan fingerprint density at radius 3 is 2.74 bits per heavy atom. The van der Waals surface area contributed by atoms with E-state index < -0.39 is 0 Å². The van der Waals surface area contributed by atoms with Gasteiger partial charge in [-0.15, -0.1) is 0 Å². The summed E-state index contributed by atoms with van der Waals surface area (Å²) < 4.78 is 7.78. The van der Waals surface area contributed by atoms with Gasteiger partial charge in [0.25, 0.3) is 5.56 Å². The summed E-state index contributed by atoms with van der Waals surface area (Å²) in [5.41, 5.74) is 1.10. The van der Waals surface area contributed by atoms with Gasteiger partial charge in [-0.25, -0.2) is 4.79 Å². The second kappa shape index (κ2) is 7.00. The fourth-order valence-electron chi connectivity index (χ4n) is 2.85. The first-order valence-corrected chi connectivity index (χ1v) is 8.88. The monoisotopic (exact) mass is 426 g/mol. The Hall–Kier alpha value is -1.41. The summed E-state index contributed by atoms with van der Waals surface area (Å²) in [4.78, 5) is 25.8. The van der Waals surface area contributed by atoms with Gasteiger partial charge in [-0.05, 0) is 24.8 Å². The van der Waals surface area contributed by atoms with Crippen LogP contribution in [0.15, 0.2) is 46.1 Å². The van der Waals surface area contributed by atoms with E-state index in [0.717, 1.165) is 6.42 Å². The zero-order chi connectivity index (χ0) is 16.4. The van der Waals surface area contributed by atoms with E-state index in [1.54, 1.807) is 17.7 Å². The van der Waals surface area contributed by atoms with Gasteiger partial charge in [0.05, 0.1) is 19.3 Å². The summed E-state index contributed by atoms with van der Waals surface area (Å²) in [6.45, 7) is 3.02. The predicted octanol–water partition coefficient (Wildman–Crippen LogP) is 2.43. The molecule has 0 spiro atoms. The van der Waals surface area contributed by atoms with Crippen LogP contribution in [0.1, 0.15) is 23.6 Å². The van der Waals surface area contributed by atoms with Crippen molar-refractivity contribution in [1.29, 1.82) is 0 Å². The van der Waals surface area contributed by atoms with Gasteiger partial charge in [0.1, 0.15) is 0 Å². The van der Waals surface area contributed by atoms with Gasteiger partial charge >= 0.3 is 5.69 Å². The van der Waals surface area contributed by atoms with Crippen molar-refractivity contribution in [3.63, 3.8) is 0 Å². The van der Waals surface area contributed by atoms with Crippen molar-refractivity contribution in [3.8, 4) is 0 Å². The lowest BCUT2D eigenvalue weighted by Crippen LogP contribution is -2.46. The maximum absolute atomic E-state index is 12.0. The van der Waals surface area contributed by atoms with Crippen LogP contribution in [0.25, 0.3) is 0 Å². The van der Waals surface area contributed by atoms with Crippen molar-refractivity contribution >= 4 is 22.6 Å². The third-order valence-electron chi connectivity index (χ3n) is 4.31. The van der Waals surface area contributed by atoms with Crippen molar-refractivity contribution in [1.82, 2.24) is 9.55 Å². The molecule has 1 N–H and O–H groups in total. The maximum Gasteiger partial charge on any atom is 0.328 e. The summed E-state index contributed by atoms with van der Waals surface area (Å²) in [5, 5.41) is 0. The van der Waals surface area contributed by atoms with Crippen molar-refractivity contribution in [3.05, 3.63) is 68.5 Å². The Bertz CT molecular complexity index is 784. The quantitative estimate of drug-likeness (QED) is 0.590. The van der Waals surface area contributed by atoms with Crippen LogP contribution < -0.4 is 11.2 Å². The van der Waals surface area contributed by atoms with Crippen LogP contribution in [0.4, 0.5) is 0 Å². The Kier molecular flexibility index (Phi) is 5.01. The molecule has 1 aliphatic rings. The zero-order valence-corrected chi connectivity index (χ0v) is 15.0. The number of alkyl halides is 1. The van der Waals surface area contributed by atoms with Gasteiger partial charge in [-0.2, -0.15) is 0 Å². The van der Waals surface area contributed by atoms with Gasteiger partial charge in [-0.3, -0.25) is 14.3 Å². The van der Waals surface area contributed by atoms with E-state index in [-0.39, 0.29) is 17.3 Å². The predicted molar refractivity (Wildman–Crippen MR) is 97.1 cm³/mol. The molecule has 1 aliphatic carbocycles. The number of aryl methyl sites for hydroxylation is 1. The number of aromatic amines is 1. The number of hydrogen-bond donors (Lipinski definition) is 1. The number of nitrogens with zero attached hydrogens (tertiary/aromatic N) is 1. The molecule has 1 fully saturated rings. The summed E-state index contributed by atoms with van der Waals surface area (Å²) in [6, 6.07) is 10.2. The van der Waals surface area contributed by atoms with Crippen LogP contribution in [0.3, 0.4) is 0 Å². The lowest BCUT2D eigenvalue weighted by molar-refractivity contribution is 0.0456. The van der Waals surface area contributed by atoms with E-state index in [4.69, 9.17) is 4.74 Å². The van der Waals surface area contributed by atoms with E-state index in [0.29, 0.717) is 28.6 Å². The Balaban J connectivity index is 1.56. The first kappa shape index (κ1) is 16.4. The highest BCUT2D eigenvalue weighted by Gasteiger charge is 2.40. The van der Waals surface area contributed by atoms with Crippen molar-refractivity contribution in [2.45, 2.75) is 29.9 Å². The molecular formula is C17H19IN2O3.